The minimum absolute atomic E-state index is 0.156. The highest BCUT2D eigenvalue weighted by molar-refractivity contribution is 5.69. The summed E-state index contributed by atoms with van der Waals surface area (Å²) < 4.78 is 16.4. The van der Waals surface area contributed by atoms with E-state index >= 15 is 0 Å². The van der Waals surface area contributed by atoms with Crippen LogP contribution >= 0.6 is 0 Å². The van der Waals surface area contributed by atoms with Gasteiger partial charge in [0.15, 0.2) is 0 Å². The van der Waals surface area contributed by atoms with Crippen molar-refractivity contribution in [2.24, 2.45) is 5.92 Å². The lowest BCUT2D eigenvalue weighted by molar-refractivity contribution is -0.143. The highest BCUT2D eigenvalue weighted by Gasteiger charge is 2.16. The van der Waals surface area contributed by atoms with E-state index in [1.54, 1.807) is 0 Å². The third-order valence-corrected chi connectivity index (χ3v) is 5.50. The molecule has 1 aliphatic rings. The summed E-state index contributed by atoms with van der Waals surface area (Å²) in [6, 6.07) is 2.12. The molecule has 0 saturated carbocycles. The summed E-state index contributed by atoms with van der Waals surface area (Å²) in [5, 5.41) is 0. The van der Waals surface area contributed by atoms with Gasteiger partial charge in [-0.1, -0.05) is 31.2 Å². The van der Waals surface area contributed by atoms with E-state index in [0.717, 1.165) is 61.9 Å². The molecule has 0 saturated heterocycles. The lowest BCUT2D eigenvalue weighted by Gasteiger charge is -2.20. The van der Waals surface area contributed by atoms with Crippen LogP contribution in [-0.2, 0) is 31.9 Å². The average Bonchev–Trinajstić information content (AvgIpc) is 3.16. The van der Waals surface area contributed by atoms with Gasteiger partial charge in [-0.2, -0.15) is 0 Å². The first kappa shape index (κ1) is 24.7. The molecule has 0 aliphatic heterocycles. The number of hydrogen-bond acceptors (Lipinski definition) is 5. The van der Waals surface area contributed by atoms with Crippen molar-refractivity contribution in [3.8, 4) is 0 Å². The summed E-state index contributed by atoms with van der Waals surface area (Å²) in [5.74, 6) is 0.690. The number of ether oxygens (including phenoxy) is 2. The molecule has 1 aliphatic carbocycles. The molecule has 170 valence electrons. The van der Waals surface area contributed by atoms with E-state index in [1.165, 1.54) is 18.1 Å². The third-order valence-electron chi connectivity index (χ3n) is 5.50. The number of carbonyl (C=O) groups excluding carboxylic acids is 2. The van der Waals surface area contributed by atoms with E-state index in [1.807, 2.05) is 13.2 Å². The van der Waals surface area contributed by atoms with Gasteiger partial charge in [-0.15, -0.1) is 0 Å². The van der Waals surface area contributed by atoms with E-state index < -0.39 is 0 Å². The molecule has 1 heterocycles. The molecule has 0 unspecified atom stereocenters. The topological polar surface area (TPSA) is 65.7 Å². The molecule has 0 N–H and O–H groups in total. The molecular weight excluding hydrogens is 392 g/mol. The summed E-state index contributed by atoms with van der Waals surface area (Å²) in [4.78, 5) is 23.1. The van der Waals surface area contributed by atoms with Crippen LogP contribution in [0.15, 0.2) is 52.2 Å². The first-order chi connectivity index (χ1) is 14.9. The molecule has 0 radical (unpaired) electrons. The van der Waals surface area contributed by atoms with Crippen molar-refractivity contribution >= 4 is 11.9 Å². The van der Waals surface area contributed by atoms with Crippen molar-refractivity contribution in [2.75, 3.05) is 13.2 Å². The summed E-state index contributed by atoms with van der Waals surface area (Å²) in [7, 11) is 0. The van der Waals surface area contributed by atoms with Crippen LogP contribution in [0.5, 0.6) is 0 Å². The van der Waals surface area contributed by atoms with Gasteiger partial charge in [-0.3, -0.25) is 9.59 Å². The van der Waals surface area contributed by atoms with Crippen LogP contribution in [0.3, 0.4) is 0 Å². The molecule has 5 heteroatoms. The molecule has 1 atom stereocenters. The van der Waals surface area contributed by atoms with Crippen LogP contribution in [0.1, 0.15) is 70.6 Å². The summed E-state index contributed by atoms with van der Waals surface area (Å²) in [6.45, 7) is 10.2. The van der Waals surface area contributed by atoms with Crippen LogP contribution in [-0.4, -0.2) is 25.2 Å². The van der Waals surface area contributed by atoms with Gasteiger partial charge in [0.1, 0.15) is 19.0 Å². The maximum atomic E-state index is 11.9. The Balaban J connectivity index is 2.16. The lowest BCUT2D eigenvalue weighted by atomic mass is 9.89. The van der Waals surface area contributed by atoms with E-state index in [2.05, 4.69) is 31.7 Å². The van der Waals surface area contributed by atoms with Crippen molar-refractivity contribution < 1.29 is 23.5 Å². The highest BCUT2D eigenvalue weighted by atomic mass is 16.5. The maximum Gasteiger partial charge on any atom is 0.306 e. The summed E-state index contributed by atoms with van der Waals surface area (Å²) in [6.07, 6.45) is 12.5. The van der Waals surface area contributed by atoms with Crippen molar-refractivity contribution in [1.29, 1.82) is 0 Å². The van der Waals surface area contributed by atoms with Crippen molar-refractivity contribution in [2.45, 2.75) is 72.1 Å². The Morgan fingerprint density at radius 3 is 2.77 bits per heavy atom. The number of fused-ring (bicyclic) bond motifs is 2. The normalized spacial score (nSPS) is 21.1. The zero-order chi connectivity index (χ0) is 22.6. The molecule has 0 aromatic carbocycles. The molecule has 0 fully saturated rings. The number of rotatable bonds is 7. The number of esters is 2. The Hall–Kier alpha value is -2.56. The van der Waals surface area contributed by atoms with Gasteiger partial charge in [-0.05, 0) is 74.1 Å². The number of aryl methyl sites for hydroxylation is 1. The van der Waals surface area contributed by atoms with Crippen LogP contribution in [0.2, 0.25) is 0 Å². The fraction of sp³-hybridized carbons (Fsp3) is 0.538. The van der Waals surface area contributed by atoms with Gasteiger partial charge in [0.2, 0.25) is 0 Å². The van der Waals surface area contributed by atoms with Gasteiger partial charge in [-0.25, -0.2) is 0 Å². The van der Waals surface area contributed by atoms with Crippen LogP contribution in [0.25, 0.3) is 0 Å². The van der Waals surface area contributed by atoms with Crippen molar-refractivity contribution in [3.63, 3.8) is 0 Å². The van der Waals surface area contributed by atoms with Gasteiger partial charge in [0, 0.05) is 19.8 Å². The summed E-state index contributed by atoms with van der Waals surface area (Å²) >= 11 is 0. The Morgan fingerprint density at radius 2 is 2.03 bits per heavy atom. The SMILES string of the molecule is C=C(COC(C)=O)[C@H]1C/C=C(\C)Cc2cc(co2)CC/C=C(\COC(=O)CCC)CC1. The van der Waals surface area contributed by atoms with E-state index in [9.17, 15) is 9.59 Å². The minimum Gasteiger partial charge on any atom is -0.469 e. The third kappa shape index (κ3) is 9.41. The van der Waals surface area contributed by atoms with E-state index in [-0.39, 0.29) is 24.5 Å². The van der Waals surface area contributed by atoms with Crippen LogP contribution in [0, 0.1) is 5.92 Å². The summed E-state index contributed by atoms with van der Waals surface area (Å²) in [5.41, 5.74) is 4.46. The van der Waals surface area contributed by atoms with Gasteiger partial charge >= 0.3 is 11.9 Å². The molecule has 2 rings (SSSR count). The first-order valence-electron chi connectivity index (χ1n) is 11.2. The number of allylic oxidation sites excluding steroid dienone is 3. The number of carbonyl (C=O) groups is 2. The largest absolute Gasteiger partial charge is 0.469 e. The van der Waals surface area contributed by atoms with E-state index in [4.69, 9.17) is 13.9 Å². The molecule has 1 aromatic rings. The van der Waals surface area contributed by atoms with Gasteiger partial charge in [0.25, 0.3) is 0 Å². The fourth-order valence-corrected chi connectivity index (χ4v) is 3.63. The molecule has 31 heavy (non-hydrogen) atoms. The van der Waals surface area contributed by atoms with Crippen molar-refractivity contribution in [3.05, 3.63) is 59.1 Å². The Kier molecular flexibility index (Phi) is 10.3. The Labute approximate surface area is 186 Å². The molecular formula is C26H36O5. The van der Waals surface area contributed by atoms with Gasteiger partial charge < -0.3 is 13.9 Å². The van der Waals surface area contributed by atoms with Crippen LogP contribution < -0.4 is 0 Å². The molecule has 0 spiro atoms. The zero-order valence-electron chi connectivity index (χ0n) is 19.2. The van der Waals surface area contributed by atoms with Crippen molar-refractivity contribution in [1.82, 2.24) is 0 Å². The zero-order valence-corrected chi connectivity index (χ0v) is 19.2. The predicted molar refractivity (Wildman–Crippen MR) is 122 cm³/mol. The highest BCUT2D eigenvalue weighted by Crippen LogP contribution is 2.26. The standard InChI is InChI=1S/C26H36O5/c1-5-7-26(28)31-17-22-8-6-9-23-15-25(30-18-23)14-19(2)10-12-24(13-11-22)20(3)16-29-21(4)27/h8,10,15,18,24H,3,5-7,9,11-14,16-17H2,1-2,4H3/b19-10+,22-8-/t24-/m0/s1. The molecule has 0 amide bonds. The quantitative estimate of drug-likeness (QED) is 0.400. The fourth-order valence-electron chi connectivity index (χ4n) is 3.63. The second-order valence-electron chi connectivity index (χ2n) is 8.37. The Bertz CT molecular complexity index is 812. The number of hydrogen-bond donors (Lipinski definition) is 0. The lowest BCUT2D eigenvalue weighted by Crippen LogP contribution is -2.13. The maximum absolute atomic E-state index is 11.9. The van der Waals surface area contributed by atoms with E-state index in [0.29, 0.717) is 13.0 Å². The molecule has 1 aromatic heterocycles. The van der Waals surface area contributed by atoms with Gasteiger partial charge in [0.05, 0.1) is 6.26 Å². The second kappa shape index (κ2) is 13.0. The average molecular weight is 429 g/mol. The minimum atomic E-state index is -0.300. The smallest absolute Gasteiger partial charge is 0.306 e. The second-order valence-corrected chi connectivity index (χ2v) is 8.37. The van der Waals surface area contributed by atoms with Crippen LogP contribution in [0.4, 0.5) is 0 Å². The first-order valence-corrected chi connectivity index (χ1v) is 11.2. The predicted octanol–water partition coefficient (Wildman–Crippen LogP) is 5.89. The molecule has 2 bridgehead atoms. The molecule has 5 nitrogen and oxygen atoms in total. The monoisotopic (exact) mass is 428 g/mol. The Morgan fingerprint density at radius 1 is 1.23 bits per heavy atom. The number of furan rings is 1.